The van der Waals surface area contributed by atoms with Crippen LogP contribution in [0.4, 0.5) is 0 Å². The lowest BCUT2D eigenvalue weighted by atomic mass is 9.85. The molecule has 1 saturated carbocycles. The van der Waals surface area contributed by atoms with E-state index in [0.29, 0.717) is 12.8 Å². The topological polar surface area (TPSA) is 75.4 Å². The van der Waals surface area contributed by atoms with Gasteiger partial charge in [0, 0.05) is 14.1 Å². The number of hydrogen-bond acceptors (Lipinski definition) is 3. The van der Waals surface area contributed by atoms with Gasteiger partial charge in [-0.15, -0.1) is 0 Å². The average molecular weight is 271 g/mol. The molecule has 102 valence electrons. The van der Waals surface area contributed by atoms with Crippen LogP contribution in [0.15, 0.2) is 0 Å². The van der Waals surface area contributed by atoms with E-state index in [1.807, 2.05) is 0 Å². The fraction of sp³-hybridized carbons (Fsp3) is 0.750. The van der Waals surface area contributed by atoms with Gasteiger partial charge in [0.25, 0.3) is 0 Å². The summed E-state index contributed by atoms with van der Waals surface area (Å²) in [5.74, 6) is -0.352. The first-order chi connectivity index (χ1) is 8.31. The van der Waals surface area contributed by atoms with E-state index >= 15 is 0 Å². The molecule has 0 bridgehead atoms. The van der Waals surface area contributed by atoms with E-state index in [4.69, 9.17) is 18.0 Å². The van der Waals surface area contributed by atoms with Gasteiger partial charge in [0.1, 0.15) is 6.04 Å². The van der Waals surface area contributed by atoms with Gasteiger partial charge in [-0.2, -0.15) is 0 Å². The van der Waals surface area contributed by atoms with Crippen LogP contribution < -0.4 is 11.1 Å². The van der Waals surface area contributed by atoms with Crippen molar-refractivity contribution < 1.29 is 9.59 Å². The van der Waals surface area contributed by atoms with Gasteiger partial charge >= 0.3 is 0 Å². The molecule has 0 spiro atoms. The van der Waals surface area contributed by atoms with Crippen molar-refractivity contribution in [2.45, 2.75) is 38.6 Å². The normalized spacial score (nSPS) is 19.1. The summed E-state index contributed by atoms with van der Waals surface area (Å²) >= 11 is 5.04. The molecular formula is C12H21N3O2S. The quantitative estimate of drug-likeness (QED) is 0.727. The first-order valence-corrected chi connectivity index (χ1v) is 6.54. The maximum Gasteiger partial charge on any atom is 0.244 e. The molecule has 0 saturated heterocycles. The number of rotatable bonds is 4. The largest absolute Gasteiger partial charge is 0.392 e. The van der Waals surface area contributed by atoms with Gasteiger partial charge in [-0.05, 0) is 19.8 Å². The van der Waals surface area contributed by atoms with Crippen molar-refractivity contribution >= 4 is 29.0 Å². The van der Waals surface area contributed by atoms with Crippen LogP contribution in [0.25, 0.3) is 0 Å². The molecule has 0 heterocycles. The second-order valence-corrected chi connectivity index (χ2v) is 5.52. The van der Waals surface area contributed by atoms with Crippen LogP contribution in [-0.2, 0) is 9.59 Å². The van der Waals surface area contributed by atoms with E-state index in [0.717, 1.165) is 12.8 Å². The van der Waals surface area contributed by atoms with Crippen LogP contribution in [-0.4, -0.2) is 41.8 Å². The number of nitrogens with one attached hydrogen (secondary N) is 1. The highest BCUT2D eigenvalue weighted by Gasteiger charge is 2.44. The van der Waals surface area contributed by atoms with Gasteiger partial charge in [-0.3, -0.25) is 9.59 Å². The minimum absolute atomic E-state index is 0.139. The van der Waals surface area contributed by atoms with Crippen LogP contribution in [0.2, 0.25) is 0 Å². The molecule has 1 aliphatic carbocycles. The molecule has 18 heavy (non-hydrogen) atoms. The van der Waals surface area contributed by atoms with Gasteiger partial charge < -0.3 is 16.0 Å². The number of thiocarbonyl (C=S) groups is 1. The Morgan fingerprint density at radius 3 is 2.22 bits per heavy atom. The van der Waals surface area contributed by atoms with Gasteiger partial charge in [0.05, 0.1) is 10.4 Å². The minimum atomic E-state index is -0.754. The summed E-state index contributed by atoms with van der Waals surface area (Å²) in [5, 5.41) is 2.73. The Hall–Kier alpha value is -1.17. The van der Waals surface area contributed by atoms with Gasteiger partial charge in [0.15, 0.2) is 0 Å². The Labute approximate surface area is 113 Å². The zero-order chi connectivity index (χ0) is 13.9. The Morgan fingerprint density at radius 2 is 1.83 bits per heavy atom. The predicted octanol–water partition coefficient (Wildman–Crippen LogP) is 0.426. The molecule has 0 aliphatic heterocycles. The molecule has 1 rings (SSSR count). The van der Waals surface area contributed by atoms with Crippen molar-refractivity contribution in [2.24, 2.45) is 11.1 Å². The van der Waals surface area contributed by atoms with Crippen LogP contribution in [0.3, 0.4) is 0 Å². The molecule has 1 aliphatic rings. The van der Waals surface area contributed by atoms with E-state index < -0.39 is 11.5 Å². The minimum Gasteiger partial charge on any atom is -0.392 e. The predicted molar refractivity (Wildman–Crippen MR) is 74.0 cm³/mol. The fourth-order valence-electron chi connectivity index (χ4n) is 2.35. The number of carbonyl (C=O) groups is 2. The summed E-state index contributed by atoms with van der Waals surface area (Å²) in [6.45, 7) is 1.67. The summed E-state index contributed by atoms with van der Waals surface area (Å²) in [4.78, 5) is 25.7. The Balaban J connectivity index is 2.75. The van der Waals surface area contributed by atoms with E-state index in [-0.39, 0.29) is 16.8 Å². The molecule has 1 fully saturated rings. The van der Waals surface area contributed by atoms with Crippen molar-refractivity contribution in [1.82, 2.24) is 10.2 Å². The molecule has 3 N–H and O–H groups in total. The SMILES string of the molecule is CC(NC(=O)C1(C(N)=S)CCCC1)C(=O)N(C)C. The molecule has 0 radical (unpaired) electrons. The molecule has 1 unspecified atom stereocenters. The molecule has 0 aromatic heterocycles. The summed E-state index contributed by atoms with van der Waals surface area (Å²) in [5.41, 5.74) is 4.97. The fourth-order valence-corrected chi connectivity index (χ4v) is 2.64. The van der Waals surface area contributed by atoms with Crippen molar-refractivity contribution in [3.63, 3.8) is 0 Å². The van der Waals surface area contributed by atoms with Crippen LogP contribution in [0.5, 0.6) is 0 Å². The molecule has 0 aromatic rings. The van der Waals surface area contributed by atoms with E-state index in [1.54, 1.807) is 21.0 Å². The summed E-state index contributed by atoms with van der Waals surface area (Å²) in [6, 6.07) is -0.556. The second-order valence-electron chi connectivity index (χ2n) is 5.08. The van der Waals surface area contributed by atoms with Crippen LogP contribution in [0.1, 0.15) is 32.6 Å². The summed E-state index contributed by atoms with van der Waals surface area (Å²) < 4.78 is 0. The van der Waals surface area contributed by atoms with Crippen LogP contribution in [0, 0.1) is 5.41 Å². The lowest BCUT2D eigenvalue weighted by Gasteiger charge is -2.28. The third-order valence-electron chi connectivity index (χ3n) is 3.52. The number of amides is 2. The maximum atomic E-state index is 12.3. The second kappa shape index (κ2) is 5.65. The lowest BCUT2D eigenvalue weighted by Crippen LogP contribution is -2.53. The average Bonchev–Trinajstić information content (AvgIpc) is 2.77. The Bertz CT molecular complexity index is 362. The van der Waals surface area contributed by atoms with Crippen molar-refractivity contribution in [3.05, 3.63) is 0 Å². The van der Waals surface area contributed by atoms with E-state index in [2.05, 4.69) is 5.32 Å². The zero-order valence-electron chi connectivity index (χ0n) is 11.2. The van der Waals surface area contributed by atoms with Gasteiger partial charge in [-0.25, -0.2) is 0 Å². The number of carbonyl (C=O) groups excluding carboxylic acids is 2. The monoisotopic (exact) mass is 271 g/mol. The molecule has 5 nitrogen and oxygen atoms in total. The summed E-state index contributed by atoms with van der Waals surface area (Å²) in [6.07, 6.45) is 3.25. The molecule has 2 amide bonds. The smallest absolute Gasteiger partial charge is 0.244 e. The van der Waals surface area contributed by atoms with Crippen LogP contribution >= 0.6 is 12.2 Å². The highest BCUT2D eigenvalue weighted by molar-refractivity contribution is 7.80. The first-order valence-electron chi connectivity index (χ1n) is 6.13. The third kappa shape index (κ3) is 2.80. The van der Waals surface area contributed by atoms with Gasteiger partial charge in [0.2, 0.25) is 11.8 Å². The van der Waals surface area contributed by atoms with Crippen molar-refractivity contribution in [2.75, 3.05) is 14.1 Å². The summed E-state index contributed by atoms with van der Waals surface area (Å²) in [7, 11) is 3.31. The zero-order valence-corrected chi connectivity index (χ0v) is 12.0. The lowest BCUT2D eigenvalue weighted by molar-refractivity contribution is -0.136. The third-order valence-corrected chi connectivity index (χ3v) is 3.91. The maximum absolute atomic E-state index is 12.3. The highest BCUT2D eigenvalue weighted by Crippen LogP contribution is 2.38. The number of hydrogen-bond donors (Lipinski definition) is 2. The highest BCUT2D eigenvalue weighted by atomic mass is 32.1. The number of nitrogens with two attached hydrogens (primary N) is 1. The van der Waals surface area contributed by atoms with Crippen molar-refractivity contribution in [1.29, 1.82) is 0 Å². The molecule has 0 aromatic carbocycles. The van der Waals surface area contributed by atoms with Crippen molar-refractivity contribution in [3.8, 4) is 0 Å². The first kappa shape index (κ1) is 14.9. The van der Waals surface area contributed by atoms with E-state index in [9.17, 15) is 9.59 Å². The molecule has 6 heteroatoms. The molecular weight excluding hydrogens is 250 g/mol. The van der Waals surface area contributed by atoms with E-state index in [1.165, 1.54) is 4.90 Å². The van der Waals surface area contributed by atoms with Gasteiger partial charge in [-0.1, -0.05) is 25.1 Å². The number of likely N-dealkylation sites (N-methyl/N-ethyl adjacent to an activating group) is 1. The Kier molecular flexibility index (Phi) is 4.67. The standard InChI is InChI=1S/C12H21N3O2S/c1-8(9(16)15(2)3)14-11(17)12(10(13)18)6-4-5-7-12/h8H,4-7H2,1-3H3,(H2,13,18)(H,14,17). The number of nitrogens with zero attached hydrogens (tertiary/aromatic N) is 1. The Morgan fingerprint density at radius 1 is 1.33 bits per heavy atom. The molecule has 1 atom stereocenters.